The van der Waals surface area contributed by atoms with Gasteiger partial charge in [-0.05, 0) is 54.2 Å². The smallest absolute Gasteiger partial charge is 0.337 e. The fraction of sp³-hybridized carbons (Fsp3) is 0.273. The molecule has 0 aliphatic carbocycles. The zero-order valence-corrected chi connectivity index (χ0v) is 18.3. The van der Waals surface area contributed by atoms with E-state index >= 15 is 0 Å². The normalized spacial score (nSPS) is 17.0. The number of fused-ring (bicyclic) bond motifs is 1. The van der Waals surface area contributed by atoms with Crippen LogP contribution in [-0.2, 0) is 20.9 Å². The highest BCUT2D eigenvalue weighted by Crippen LogP contribution is 2.33. The molecular weight excluding hydrogens is 434 g/mol. The molecule has 1 fully saturated rings. The predicted molar refractivity (Wildman–Crippen MR) is 118 cm³/mol. The predicted octanol–water partition coefficient (Wildman–Crippen LogP) is 2.16. The molecule has 4 rings (SSSR count). The first-order valence-electron chi connectivity index (χ1n) is 9.82. The molecule has 0 saturated carbocycles. The third kappa shape index (κ3) is 4.22. The second-order valence-electron chi connectivity index (χ2n) is 7.33. The van der Waals surface area contributed by atoms with E-state index in [1.165, 1.54) is 12.0 Å². The number of rotatable bonds is 6. The summed E-state index contributed by atoms with van der Waals surface area (Å²) in [6.07, 6.45) is -0.0768. The molecule has 2 aliphatic heterocycles. The number of thiocarbonyl (C=S) groups is 1. The maximum absolute atomic E-state index is 12.8. The van der Waals surface area contributed by atoms with E-state index in [2.05, 4.69) is 10.1 Å². The lowest BCUT2D eigenvalue weighted by atomic mass is 10.1. The summed E-state index contributed by atoms with van der Waals surface area (Å²) in [6.45, 7) is 0.517. The van der Waals surface area contributed by atoms with Gasteiger partial charge in [-0.2, -0.15) is 0 Å². The van der Waals surface area contributed by atoms with Gasteiger partial charge < -0.3 is 24.4 Å². The number of methoxy groups -OCH3 is 1. The SMILES string of the molecule is COC(=O)c1ccc(NC(=O)C[C@@H]2C(=O)N(C)C(=S)N2Cc2ccc3c(c2)OCO3)cc1. The van der Waals surface area contributed by atoms with Crippen LogP contribution in [0.4, 0.5) is 5.69 Å². The highest BCUT2D eigenvalue weighted by Gasteiger charge is 2.41. The number of esters is 1. The molecule has 0 bridgehead atoms. The lowest BCUT2D eigenvalue weighted by Gasteiger charge is -2.23. The number of anilines is 1. The van der Waals surface area contributed by atoms with Crippen molar-refractivity contribution in [2.45, 2.75) is 19.0 Å². The van der Waals surface area contributed by atoms with Crippen LogP contribution in [0.2, 0.25) is 0 Å². The number of hydrogen-bond acceptors (Lipinski definition) is 7. The van der Waals surface area contributed by atoms with Crippen molar-refractivity contribution in [2.24, 2.45) is 0 Å². The van der Waals surface area contributed by atoms with E-state index in [0.717, 1.165) is 5.56 Å². The summed E-state index contributed by atoms with van der Waals surface area (Å²) in [7, 11) is 2.90. The highest BCUT2D eigenvalue weighted by molar-refractivity contribution is 7.80. The van der Waals surface area contributed by atoms with Crippen LogP contribution in [0, 0.1) is 0 Å². The molecule has 1 atom stereocenters. The minimum Gasteiger partial charge on any atom is -0.465 e. The van der Waals surface area contributed by atoms with Gasteiger partial charge in [-0.1, -0.05) is 6.07 Å². The monoisotopic (exact) mass is 455 g/mol. The Balaban J connectivity index is 1.45. The van der Waals surface area contributed by atoms with Crippen LogP contribution >= 0.6 is 12.2 Å². The molecule has 10 heteroatoms. The van der Waals surface area contributed by atoms with E-state index in [1.54, 1.807) is 36.2 Å². The largest absolute Gasteiger partial charge is 0.465 e. The minimum atomic E-state index is -0.729. The van der Waals surface area contributed by atoms with Gasteiger partial charge in [-0.15, -0.1) is 0 Å². The Morgan fingerprint density at radius 1 is 1.16 bits per heavy atom. The Morgan fingerprint density at radius 2 is 1.88 bits per heavy atom. The van der Waals surface area contributed by atoms with Crippen molar-refractivity contribution < 1.29 is 28.6 Å². The molecule has 166 valence electrons. The van der Waals surface area contributed by atoms with E-state index in [0.29, 0.717) is 34.4 Å². The van der Waals surface area contributed by atoms with Crippen LogP contribution in [0.3, 0.4) is 0 Å². The zero-order valence-electron chi connectivity index (χ0n) is 17.5. The van der Waals surface area contributed by atoms with Crippen LogP contribution < -0.4 is 14.8 Å². The van der Waals surface area contributed by atoms with Gasteiger partial charge in [-0.3, -0.25) is 14.5 Å². The second kappa shape index (κ2) is 8.83. The molecule has 2 amide bonds. The number of amides is 2. The molecule has 0 aromatic heterocycles. The number of ether oxygens (including phenoxy) is 3. The number of benzene rings is 2. The summed E-state index contributed by atoms with van der Waals surface area (Å²) in [5.41, 5.74) is 1.76. The fourth-order valence-corrected chi connectivity index (χ4v) is 3.87. The molecule has 1 N–H and O–H groups in total. The zero-order chi connectivity index (χ0) is 22.8. The molecule has 9 nitrogen and oxygen atoms in total. The molecule has 2 aliphatic rings. The molecule has 32 heavy (non-hydrogen) atoms. The van der Waals surface area contributed by atoms with Crippen molar-refractivity contribution in [2.75, 3.05) is 26.3 Å². The number of carbonyl (C=O) groups is 3. The van der Waals surface area contributed by atoms with Gasteiger partial charge in [0.2, 0.25) is 12.7 Å². The van der Waals surface area contributed by atoms with Crippen molar-refractivity contribution >= 4 is 40.8 Å². The van der Waals surface area contributed by atoms with Crippen LogP contribution in [0.1, 0.15) is 22.3 Å². The van der Waals surface area contributed by atoms with Crippen LogP contribution in [-0.4, -0.2) is 59.7 Å². The van der Waals surface area contributed by atoms with E-state index in [-0.39, 0.29) is 25.0 Å². The number of hydrogen-bond donors (Lipinski definition) is 1. The first-order chi connectivity index (χ1) is 15.4. The first kappa shape index (κ1) is 21.6. The van der Waals surface area contributed by atoms with Crippen LogP contribution in [0.15, 0.2) is 42.5 Å². The number of nitrogens with zero attached hydrogens (tertiary/aromatic N) is 2. The van der Waals surface area contributed by atoms with Crippen LogP contribution in [0.25, 0.3) is 0 Å². The van der Waals surface area contributed by atoms with Crippen molar-refractivity contribution in [1.29, 1.82) is 0 Å². The van der Waals surface area contributed by atoms with Crippen molar-refractivity contribution in [1.82, 2.24) is 9.80 Å². The Kier molecular flexibility index (Phi) is 5.95. The Labute approximate surface area is 189 Å². The average molecular weight is 455 g/mol. The molecular formula is C22H21N3O6S. The molecule has 2 aromatic rings. The van der Waals surface area contributed by atoms with Gasteiger partial charge in [0.1, 0.15) is 6.04 Å². The number of likely N-dealkylation sites (N-methyl/N-ethyl adjacent to an activating group) is 1. The lowest BCUT2D eigenvalue weighted by Crippen LogP contribution is -2.37. The number of carbonyl (C=O) groups excluding carboxylic acids is 3. The Hall–Kier alpha value is -3.66. The summed E-state index contributed by atoms with van der Waals surface area (Å²) in [5, 5.41) is 3.11. The summed E-state index contributed by atoms with van der Waals surface area (Å²) in [4.78, 5) is 40.1. The van der Waals surface area contributed by atoms with Gasteiger partial charge in [0.05, 0.1) is 19.1 Å². The Morgan fingerprint density at radius 3 is 2.59 bits per heavy atom. The van der Waals surface area contributed by atoms with E-state index in [4.69, 9.17) is 21.7 Å². The first-order valence-corrected chi connectivity index (χ1v) is 10.2. The Bertz CT molecular complexity index is 1090. The quantitative estimate of drug-likeness (QED) is 0.523. The topological polar surface area (TPSA) is 97.4 Å². The molecule has 0 unspecified atom stereocenters. The summed E-state index contributed by atoms with van der Waals surface area (Å²) < 4.78 is 15.4. The fourth-order valence-electron chi connectivity index (χ4n) is 3.58. The van der Waals surface area contributed by atoms with E-state index in [9.17, 15) is 14.4 Å². The summed E-state index contributed by atoms with van der Waals surface area (Å²) >= 11 is 5.45. The van der Waals surface area contributed by atoms with Gasteiger partial charge in [-0.25, -0.2) is 4.79 Å². The average Bonchev–Trinajstić information content (AvgIpc) is 3.34. The summed E-state index contributed by atoms with van der Waals surface area (Å²) in [6, 6.07) is 11.1. The van der Waals surface area contributed by atoms with Crippen molar-refractivity contribution in [3.63, 3.8) is 0 Å². The lowest BCUT2D eigenvalue weighted by molar-refractivity contribution is -0.130. The molecule has 2 aromatic carbocycles. The third-order valence-electron chi connectivity index (χ3n) is 5.28. The molecule has 0 spiro atoms. The van der Waals surface area contributed by atoms with Crippen molar-refractivity contribution in [3.05, 3.63) is 53.6 Å². The number of nitrogens with one attached hydrogen (secondary N) is 1. The molecule has 2 heterocycles. The maximum atomic E-state index is 12.8. The summed E-state index contributed by atoms with van der Waals surface area (Å²) in [5.74, 6) is 0.252. The van der Waals surface area contributed by atoms with Crippen LogP contribution in [0.5, 0.6) is 11.5 Å². The maximum Gasteiger partial charge on any atom is 0.337 e. The standard InChI is InChI=1S/C22H21N3O6S/c1-24-20(27)16(10-19(26)23-15-6-4-14(5-7-15)21(28)29-2)25(22(24)32)11-13-3-8-17-18(9-13)31-12-30-17/h3-9,16H,10-12H2,1-2H3,(H,23,26)/t16-/m1/s1. The minimum absolute atomic E-state index is 0.0768. The molecule has 0 radical (unpaired) electrons. The van der Waals surface area contributed by atoms with Gasteiger partial charge in [0, 0.05) is 19.3 Å². The highest BCUT2D eigenvalue weighted by atomic mass is 32.1. The van der Waals surface area contributed by atoms with Gasteiger partial charge in [0.15, 0.2) is 16.6 Å². The van der Waals surface area contributed by atoms with Gasteiger partial charge in [0.25, 0.3) is 5.91 Å². The van der Waals surface area contributed by atoms with E-state index in [1.807, 2.05) is 18.2 Å². The second-order valence-corrected chi connectivity index (χ2v) is 7.70. The van der Waals surface area contributed by atoms with Crippen molar-refractivity contribution in [3.8, 4) is 11.5 Å². The molecule has 1 saturated heterocycles. The van der Waals surface area contributed by atoms with E-state index < -0.39 is 12.0 Å². The van der Waals surface area contributed by atoms with Gasteiger partial charge >= 0.3 is 5.97 Å². The third-order valence-corrected chi connectivity index (χ3v) is 5.79.